The van der Waals surface area contributed by atoms with E-state index < -0.39 is 12.6 Å². The Morgan fingerprint density at radius 1 is 1.24 bits per heavy atom. The minimum atomic E-state index is -1.08. The van der Waals surface area contributed by atoms with Gasteiger partial charge in [0.05, 0.1) is 12.6 Å². The molecule has 0 saturated heterocycles. The third kappa shape index (κ3) is 4.73. The first-order valence-corrected chi connectivity index (χ1v) is 8.74. The molecule has 0 spiro atoms. The van der Waals surface area contributed by atoms with Gasteiger partial charge in [-0.1, -0.05) is 6.07 Å². The molecule has 1 heterocycles. The van der Waals surface area contributed by atoms with E-state index >= 15 is 0 Å². The number of carboxylic acid groups (broad SMARTS) is 1. The molecule has 0 aliphatic carbocycles. The van der Waals surface area contributed by atoms with E-state index in [1.807, 2.05) is 24.4 Å². The zero-order chi connectivity index (χ0) is 18.4. The van der Waals surface area contributed by atoms with Crippen LogP contribution < -0.4 is 9.47 Å². The van der Waals surface area contributed by atoms with Gasteiger partial charge < -0.3 is 19.5 Å². The van der Waals surface area contributed by atoms with Gasteiger partial charge >= 0.3 is 5.97 Å². The minimum Gasteiger partial charge on any atom is -0.490 e. The topological polar surface area (TPSA) is 76.1 Å². The second-order valence-corrected chi connectivity index (χ2v) is 6.36. The number of hydrogen-bond acceptors (Lipinski definition) is 5. The third-order valence-corrected chi connectivity index (χ3v) is 4.74. The van der Waals surface area contributed by atoms with Gasteiger partial charge in [-0.3, -0.25) is 4.79 Å². The summed E-state index contributed by atoms with van der Waals surface area (Å²) in [5.74, 6) is -0.569. The molecule has 2 aromatic rings. The van der Waals surface area contributed by atoms with Crippen LogP contribution in [0.5, 0.6) is 11.5 Å². The van der Waals surface area contributed by atoms with Gasteiger partial charge in [-0.2, -0.15) is 0 Å². The van der Waals surface area contributed by atoms with Gasteiger partial charge in [0.15, 0.2) is 18.1 Å². The zero-order valence-corrected chi connectivity index (χ0v) is 15.2. The van der Waals surface area contributed by atoms with Crippen LogP contribution in [0.25, 0.3) is 0 Å². The SMILES string of the molecule is CCOc1cc(C(=O)N(C)C(C)c2cccs2)ccc1OCC(=O)O. The van der Waals surface area contributed by atoms with Crippen LogP contribution in [0.15, 0.2) is 35.7 Å². The Labute approximate surface area is 150 Å². The molecular formula is C18H21NO5S. The van der Waals surface area contributed by atoms with Crippen molar-refractivity contribution in [2.24, 2.45) is 0 Å². The van der Waals surface area contributed by atoms with Crippen molar-refractivity contribution in [2.75, 3.05) is 20.3 Å². The van der Waals surface area contributed by atoms with Gasteiger partial charge in [0, 0.05) is 17.5 Å². The van der Waals surface area contributed by atoms with E-state index in [2.05, 4.69) is 0 Å². The largest absolute Gasteiger partial charge is 0.490 e. The summed E-state index contributed by atoms with van der Waals surface area (Å²) < 4.78 is 10.7. The fourth-order valence-corrected chi connectivity index (χ4v) is 3.09. The van der Waals surface area contributed by atoms with Crippen molar-refractivity contribution in [1.29, 1.82) is 0 Å². The highest BCUT2D eigenvalue weighted by Gasteiger charge is 2.21. The van der Waals surface area contributed by atoms with Crippen molar-refractivity contribution in [3.8, 4) is 11.5 Å². The van der Waals surface area contributed by atoms with E-state index in [1.54, 1.807) is 48.4 Å². The summed E-state index contributed by atoms with van der Waals surface area (Å²) in [6.45, 7) is 3.68. The van der Waals surface area contributed by atoms with Gasteiger partial charge in [0.1, 0.15) is 0 Å². The maximum absolute atomic E-state index is 12.8. The number of hydrogen-bond donors (Lipinski definition) is 1. The predicted molar refractivity (Wildman–Crippen MR) is 95.6 cm³/mol. The molecule has 1 unspecified atom stereocenters. The van der Waals surface area contributed by atoms with E-state index in [9.17, 15) is 9.59 Å². The lowest BCUT2D eigenvalue weighted by molar-refractivity contribution is -0.139. The molecule has 134 valence electrons. The van der Waals surface area contributed by atoms with Crippen LogP contribution in [-0.2, 0) is 4.79 Å². The van der Waals surface area contributed by atoms with E-state index in [-0.39, 0.29) is 11.9 Å². The Kier molecular flexibility index (Phi) is 6.41. The average molecular weight is 363 g/mol. The molecule has 1 aromatic carbocycles. The fourth-order valence-electron chi connectivity index (χ4n) is 2.27. The highest BCUT2D eigenvalue weighted by Crippen LogP contribution is 2.30. The maximum atomic E-state index is 12.8. The second kappa shape index (κ2) is 8.53. The molecule has 0 aliphatic heterocycles. The number of ether oxygens (including phenoxy) is 2. The Morgan fingerprint density at radius 3 is 2.60 bits per heavy atom. The smallest absolute Gasteiger partial charge is 0.341 e. The second-order valence-electron chi connectivity index (χ2n) is 5.38. The first kappa shape index (κ1) is 18.8. The number of aliphatic carboxylic acids is 1. The zero-order valence-electron chi connectivity index (χ0n) is 14.4. The Balaban J connectivity index is 2.21. The Hall–Kier alpha value is -2.54. The molecule has 25 heavy (non-hydrogen) atoms. The molecule has 1 atom stereocenters. The normalized spacial score (nSPS) is 11.6. The van der Waals surface area contributed by atoms with Crippen molar-refractivity contribution in [2.45, 2.75) is 19.9 Å². The van der Waals surface area contributed by atoms with Gasteiger partial charge in [-0.15, -0.1) is 11.3 Å². The van der Waals surface area contributed by atoms with Gasteiger partial charge in [0.2, 0.25) is 0 Å². The number of carboxylic acids is 1. The highest BCUT2D eigenvalue weighted by atomic mass is 32.1. The number of nitrogens with zero attached hydrogens (tertiary/aromatic N) is 1. The van der Waals surface area contributed by atoms with E-state index in [4.69, 9.17) is 14.6 Å². The van der Waals surface area contributed by atoms with Crippen molar-refractivity contribution in [3.05, 3.63) is 46.2 Å². The summed E-state index contributed by atoms with van der Waals surface area (Å²) in [5.41, 5.74) is 0.456. The van der Waals surface area contributed by atoms with Crippen LogP contribution in [0, 0.1) is 0 Å². The Bertz CT molecular complexity index is 729. The van der Waals surface area contributed by atoms with E-state index in [0.29, 0.717) is 23.7 Å². The summed E-state index contributed by atoms with van der Waals surface area (Å²) in [5, 5.41) is 10.7. The molecule has 1 amide bonds. The van der Waals surface area contributed by atoms with Gasteiger partial charge in [-0.05, 0) is 43.5 Å². The average Bonchev–Trinajstić information content (AvgIpc) is 3.13. The lowest BCUT2D eigenvalue weighted by Crippen LogP contribution is -2.29. The predicted octanol–water partition coefficient (Wildman–Crippen LogP) is 3.44. The minimum absolute atomic E-state index is 0.0500. The van der Waals surface area contributed by atoms with Crippen LogP contribution in [0.4, 0.5) is 0 Å². The molecule has 6 nitrogen and oxygen atoms in total. The molecule has 1 aromatic heterocycles. The van der Waals surface area contributed by atoms with Crippen molar-refractivity contribution in [1.82, 2.24) is 4.90 Å². The number of benzene rings is 1. The van der Waals surface area contributed by atoms with Crippen molar-refractivity contribution < 1.29 is 24.2 Å². The van der Waals surface area contributed by atoms with Gasteiger partial charge in [0.25, 0.3) is 5.91 Å². The molecule has 7 heteroatoms. The third-order valence-electron chi connectivity index (χ3n) is 3.70. The number of carbonyl (C=O) groups excluding carboxylic acids is 1. The lowest BCUT2D eigenvalue weighted by Gasteiger charge is -2.24. The molecule has 0 aliphatic rings. The molecular weight excluding hydrogens is 342 g/mol. The van der Waals surface area contributed by atoms with Crippen LogP contribution in [0.2, 0.25) is 0 Å². The standard InChI is InChI=1S/C18H21NO5S/c1-4-23-15-10-13(7-8-14(15)24-11-17(20)21)18(22)19(3)12(2)16-6-5-9-25-16/h5-10,12H,4,11H2,1-3H3,(H,20,21). The maximum Gasteiger partial charge on any atom is 0.341 e. The van der Waals surface area contributed by atoms with E-state index in [1.165, 1.54) is 0 Å². The summed E-state index contributed by atoms with van der Waals surface area (Å²) >= 11 is 1.60. The summed E-state index contributed by atoms with van der Waals surface area (Å²) in [7, 11) is 1.75. The Morgan fingerprint density at radius 2 is 2.00 bits per heavy atom. The number of thiophene rings is 1. The van der Waals surface area contributed by atoms with Crippen LogP contribution in [0.3, 0.4) is 0 Å². The van der Waals surface area contributed by atoms with Crippen LogP contribution in [0.1, 0.15) is 35.1 Å². The molecule has 1 N–H and O–H groups in total. The van der Waals surface area contributed by atoms with Crippen LogP contribution >= 0.6 is 11.3 Å². The lowest BCUT2D eigenvalue weighted by atomic mass is 10.1. The van der Waals surface area contributed by atoms with Crippen LogP contribution in [-0.4, -0.2) is 42.1 Å². The molecule has 2 rings (SSSR count). The summed E-state index contributed by atoms with van der Waals surface area (Å²) in [6.07, 6.45) is 0. The van der Waals surface area contributed by atoms with Crippen molar-refractivity contribution >= 4 is 23.2 Å². The molecule has 0 bridgehead atoms. The molecule has 0 fully saturated rings. The summed E-state index contributed by atoms with van der Waals surface area (Å²) in [4.78, 5) is 26.2. The van der Waals surface area contributed by atoms with E-state index in [0.717, 1.165) is 4.88 Å². The quantitative estimate of drug-likeness (QED) is 0.777. The number of carbonyl (C=O) groups is 2. The first-order valence-electron chi connectivity index (χ1n) is 7.86. The first-order chi connectivity index (χ1) is 11.9. The molecule has 0 radical (unpaired) electrons. The van der Waals surface area contributed by atoms with Crippen molar-refractivity contribution in [3.63, 3.8) is 0 Å². The van der Waals surface area contributed by atoms with Gasteiger partial charge in [-0.25, -0.2) is 4.79 Å². The molecule has 0 saturated carbocycles. The highest BCUT2D eigenvalue weighted by molar-refractivity contribution is 7.10. The summed E-state index contributed by atoms with van der Waals surface area (Å²) in [6, 6.07) is 8.65. The monoisotopic (exact) mass is 363 g/mol. The number of amides is 1. The fraction of sp³-hybridized carbons (Fsp3) is 0.333. The number of rotatable bonds is 8.